The van der Waals surface area contributed by atoms with Gasteiger partial charge in [-0.05, 0) is 127 Å². The molecule has 1 aliphatic rings. The fourth-order valence-electron chi connectivity index (χ4n) is 9.00. The predicted octanol–water partition coefficient (Wildman–Crippen LogP) is 15.0. The Morgan fingerprint density at radius 3 is 1.91 bits per heavy atom. The van der Waals surface area contributed by atoms with E-state index in [0.717, 1.165) is 39.0 Å². The number of nitrogens with zero attached hydrogens (tertiary/aromatic N) is 1. The molecule has 10 aromatic rings. The van der Waals surface area contributed by atoms with Crippen LogP contribution in [0.4, 0.5) is 17.1 Å². The molecule has 0 radical (unpaired) electrons. The van der Waals surface area contributed by atoms with Gasteiger partial charge in [0.2, 0.25) is 0 Å². The number of hydrogen-bond donors (Lipinski definition) is 0. The van der Waals surface area contributed by atoms with Crippen molar-refractivity contribution in [2.75, 3.05) is 4.90 Å². The summed E-state index contributed by atoms with van der Waals surface area (Å²) in [5.41, 5.74) is 15.2. The second kappa shape index (κ2) is 12.1. The minimum atomic E-state index is -0.107. The molecule has 0 spiro atoms. The van der Waals surface area contributed by atoms with Gasteiger partial charge in [0.25, 0.3) is 0 Å². The average Bonchev–Trinajstić information content (AvgIpc) is 3.72. The molecule has 0 saturated carbocycles. The van der Waals surface area contributed by atoms with E-state index in [4.69, 9.17) is 4.42 Å². The van der Waals surface area contributed by atoms with Crippen molar-refractivity contribution >= 4 is 60.5 Å². The molecular formula is C53H37NO. The van der Waals surface area contributed by atoms with Crippen LogP contribution in [0.25, 0.3) is 76.9 Å². The molecule has 0 N–H and O–H groups in total. The monoisotopic (exact) mass is 703 g/mol. The molecule has 0 unspecified atom stereocenters. The fourth-order valence-corrected chi connectivity index (χ4v) is 9.00. The van der Waals surface area contributed by atoms with Gasteiger partial charge in [0, 0.05) is 33.2 Å². The van der Waals surface area contributed by atoms with Gasteiger partial charge in [0.15, 0.2) is 0 Å². The third kappa shape index (κ3) is 5.02. The number of rotatable bonds is 5. The maximum atomic E-state index is 6.25. The van der Waals surface area contributed by atoms with E-state index in [1.54, 1.807) is 0 Å². The van der Waals surface area contributed by atoms with Crippen LogP contribution in [0.2, 0.25) is 0 Å². The maximum absolute atomic E-state index is 6.25. The quantitative estimate of drug-likeness (QED) is 0.177. The first-order valence-corrected chi connectivity index (χ1v) is 19.1. The summed E-state index contributed by atoms with van der Waals surface area (Å²) in [6.45, 7) is 4.69. The lowest BCUT2D eigenvalue weighted by atomic mass is 9.82. The average molecular weight is 704 g/mol. The zero-order valence-corrected chi connectivity index (χ0v) is 30.8. The predicted molar refractivity (Wildman–Crippen MR) is 232 cm³/mol. The fraction of sp³-hybridized carbons (Fsp3) is 0.0566. The van der Waals surface area contributed by atoms with Crippen molar-refractivity contribution < 1.29 is 4.42 Å². The molecule has 0 atom stereocenters. The van der Waals surface area contributed by atoms with Crippen LogP contribution >= 0.6 is 0 Å². The van der Waals surface area contributed by atoms with E-state index >= 15 is 0 Å². The smallest absolute Gasteiger partial charge is 0.135 e. The van der Waals surface area contributed by atoms with Gasteiger partial charge in [-0.15, -0.1) is 0 Å². The van der Waals surface area contributed by atoms with Crippen molar-refractivity contribution in [2.24, 2.45) is 0 Å². The summed E-state index contributed by atoms with van der Waals surface area (Å²) in [7, 11) is 0. The lowest BCUT2D eigenvalue weighted by Crippen LogP contribution is -2.16. The summed E-state index contributed by atoms with van der Waals surface area (Å²) >= 11 is 0. The van der Waals surface area contributed by atoms with Crippen LogP contribution in [-0.2, 0) is 5.41 Å². The maximum Gasteiger partial charge on any atom is 0.135 e. The lowest BCUT2D eigenvalue weighted by molar-refractivity contribution is 0.660. The molecule has 0 fully saturated rings. The first kappa shape index (κ1) is 31.6. The highest BCUT2D eigenvalue weighted by Crippen LogP contribution is 2.51. The van der Waals surface area contributed by atoms with Gasteiger partial charge in [0.05, 0.1) is 0 Å². The Kier molecular flexibility index (Phi) is 6.93. The lowest BCUT2D eigenvalue weighted by Gasteiger charge is -2.28. The standard InChI is InChI=1S/C53H37NO/c1-53(2)49-16-7-5-13-44(49)45-28-26-42(33-50(45)53)54(41-27-29-52-48(32-41)46-14-6-8-17-51(46)55-52)40-24-22-35(23-25-40)38-20-19-36-12-9-15-43(47(36)31-38)39-21-18-34-10-3-4-11-37(34)30-39/h3-33H,1-2H3. The van der Waals surface area contributed by atoms with E-state index in [9.17, 15) is 0 Å². The van der Waals surface area contributed by atoms with E-state index < -0.39 is 0 Å². The van der Waals surface area contributed by atoms with Crippen LogP contribution in [0.15, 0.2) is 192 Å². The molecule has 2 nitrogen and oxygen atoms in total. The Morgan fingerprint density at radius 2 is 1.00 bits per heavy atom. The van der Waals surface area contributed by atoms with Gasteiger partial charge < -0.3 is 9.32 Å². The van der Waals surface area contributed by atoms with Gasteiger partial charge in [-0.25, -0.2) is 0 Å². The Labute approximate surface area is 320 Å². The summed E-state index contributed by atoms with van der Waals surface area (Å²) in [5, 5.41) is 7.24. The second-order valence-corrected chi connectivity index (χ2v) is 15.4. The number of para-hydroxylation sites is 1. The number of furan rings is 1. The summed E-state index contributed by atoms with van der Waals surface area (Å²) in [4.78, 5) is 2.39. The number of benzene rings is 9. The van der Waals surface area contributed by atoms with Crippen molar-refractivity contribution in [1.29, 1.82) is 0 Å². The molecular weight excluding hydrogens is 667 g/mol. The molecule has 2 heteroatoms. The van der Waals surface area contributed by atoms with Crippen molar-refractivity contribution in [3.05, 3.63) is 199 Å². The third-order valence-corrected chi connectivity index (χ3v) is 11.8. The van der Waals surface area contributed by atoms with E-state index in [-0.39, 0.29) is 5.41 Å². The van der Waals surface area contributed by atoms with Crippen LogP contribution < -0.4 is 4.90 Å². The minimum absolute atomic E-state index is 0.107. The molecule has 1 heterocycles. The van der Waals surface area contributed by atoms with Crippen LogP contribution in [0, 0.1) is 0 Å². The third-order valence-electron chi connectivity index (χ3n) is 11.8. The number of hydrogen-bond acceptors (Lipinski definition) is 2. The molecule has 0 saturated heterocycles. The first-order valence-electron chi connectivity index (χ1n) is 19.1. The Morgan fingerprint density at radius 1 is 0.364 bits per heavy atom. The van der Waals surface area contributed by atoms with E-state index in [1.807, 2.05) is 12.1 Å². The minimum Gasteiger partial charge on any atom is -0.456 e. The van der Waals surface area contributed by atoms with Crippen LogP contribution in [0.5, 0.6) is 0 Å². The van der Waals surface area contributed by atoms with Crippen LogP contribution in [0.3, 0.4) is 0 Å². The highest BCUT2D eigenvalue weighted by molar-refractivity contribution is 6.07. The zero-order valence-electron chi connectivity index (χ0n) is 30.8. The van der Waals surface area contributed by atoms with Gasteiger partial charge in [-0.2, -0.15) is 0 Å². The molecule has 9 aromatic carbocycles. The molecule has 0 bridgehead atoms. The Balaban J connectivity index is 1.03. The van der Waals surface area contributed by atoms with Crippen LogP contribution in [-0.4, -0.2) is 0 Å². The van der Waals surface area contributed by atoms with Gasteiger partial charge >= 0.3 is 0 Å². The summed E-state index contributed by atoms with van der Waals surface area (Å²) in [6, 6.07) is 68.6. The van der Waals surface area contributed by atoms with Crippen molar-refractivity contribution in [2.45, 2.75) is 19.3 Å². The second-order valence-electron chi connectivity index (χ2n) is 15.4. The van der Waals surface area contributed by atoms with Gasteiger partial charge in [-0.1, -0.05) is 141 Å². The summed E-state index contributed by atoms with van der Waals surface area (Å²) in [5.74, 6) is 0. The highest BCUT2D eigenvalue weighted by atomic mass is 16.3. The highest BCUT2D eigenvalue weighted by Gasteiger charge is 2.35. The van der Waals surface area contributed by atoms with Gasteiger partial charge in [0.1, 0.15) is 11.2 Å². The largest absolute Gasteiger partial charge is 0.456 e. The van der Waals surface area contributed by atoms with E-state index in [0.29, 0.717) is 0 Å². The molecule has 1 aromatic heterocycles. The molecule has 1 aliphatic carbocycles. The topological polar surface area (TPSA) is 16.4 Å². The van der Waals surface area contributed by atoms with Gasteiger partial charge in [-0.3, -0.25) is 0 Å². The first-order chi connectivity index (χ1) is 27.0. The van der Waals surface area contributed by atoms with E-state index in [1.165, 1.54) is 66.1 Å². The van der Waals surface area contributed by atoms with Crippen LogP contribution in [0.1, 0.15) is 25.0 Å². The normalized spacial score (nSPS) is 13.1. The number of anilines is 3. The molecule has 0 aliphatic heterocycles. The Hall–Kier alpha value is -6.90. The zero-order chi connectivity index (χ0) is 36.7. The molecule has 11 rings (SSSR count). The van der Waals surface area contributed by atoms with Crippen molar-refractivity contribution in [3.8, 4) is 33.4 Å². The molecule has 260 valence electrons. The Bertz CT molecular complexity index is 3130. The molecule has 0 amide bonds. The van der Waals surface area contributed by atoms with E-state index in [2.05, 4.69) is 195 Å². The number of fused-ring (bicyclic) bond motifs is 8. The van der Waals surface area contributed by atoms with Crippen molar-refractivity contribution in [3.63, 3.8) is 0 Å². The summed E-state index contributed by atoms with van der Waals surface area (Å²) < 4.78 is 6.25. The van der Waals surface area contributed by atoms with Crippen molar-refractivity contribution in [1.82, 2.24) is 0 Å². The SMILES string of the molecule is CC1(C)c2ccccc2-c2ccc(N(c3ccc(-c4ccc5cccc(-c6ccc7ccccc7c6)c5c4)cc3)c3ccc4oc5ccccc5c4c3)cc21. The molecule has 55 heavy (non-hydrogen) atoms. The summed E-state index contributed by atoms with van der Waals surface area (Å²) in [6.07, 6.45) is 0.